The van der Waals surface area contributed by atoms with E-state index in [1.54, 1.807) is 11.8 Å². The predicted molar refractivity (Wildman–Crippen MR) is 58.4 cm³/mol. The molecule has 1 saturated heterocycles. The van der Waals surface area contributed by atoms with Gasteiger partial charge in [0.25, 0.3) is 0 Å². The Kier molecular flexibility index (Phi) is 3.23. The normalized spacial score (nSPS) is 26.3. The van der Waals surface area contributed by atoms with E-state index in [0.717, 1.165) is 5.56 Å². The predicted octanol–water partition coefficient (Wildman–Crippen LogP) is 1.48. The van der Waals surface area contributed by atoms with Crippen LogP contribution in [0, 0.1) is 0 Å². The third-order valence-corrected chi connectivity index (χ3v) is 2.96. The van der Waals surface area contributed by atoms with Crippen molar-refractivity contribution in [1.82, 2.24) is 4.90 Å². The number of ether oxygens (including phenoxy) is 1. The van der Waals surface area contributed by atoms with Gasteiger partial charge in [-0.15, -0.1) is 0 Å². The Labute approximate surface area is 94.4 Å². The highest BCUT2D eigenvalue weighted by atomic mass is 19.1. The van der Waals surface area contributed by atoms with E-state index in [2.05, 4.69) is 0 Å². The van der Waals surface area contributed by atoms with Crippen molar-refractivity contribution in [3.8, 4) is 0 Å². The molecule has 16 heavy (non-hydrogen) atoms. The lowest BCUT2D eigenvalue weighted by Crippen LogP contribution is -2.51. The number of alkyl halides is 1. The summed E-state index contributed by atoms with van der Waals surface area (Å²) < 4.78 is 17.9. The van der Waals surface area contributed by atoms with E-state index in [4.69, 9.17) is 4.74 Å². The molecule has 1 aromatic carbocycles. The summed E-state index contributed by atoms with van der Waals surface area (Å²) in [6.07, 6.45) is -1.32. The van der Waals surface area contributed by atoms with Gasteiger partial charge in [0.2, 0.25) is 6.36 Å². The van der Waals surface area contributed by atoms with Gasteiger partial charge >= 0.3 is 0 Å². The molecule has 2 atom stereocenters. The first-order chi connectivity index (χ1) is 7.60. The van der Waals surface area contributed by atoms with Crippen LogP contribution in [0.2, 0.25) is 0 Å². The van der Waals surface area contributed by atoms with Gasteiger partial charge in [0.1, 0.15) is 5.72 Å². The Morgan fingerprint density at radius 1 is 1.44 bits per heavy atom. The second-order valence-electron chi connectivity index (χ2n) is 4.11. The van der Waals surface area contributed by atoms with E-state index in [1.807, 2.05) is 30.3 Å². The van der Waals surface area contributed by atoms with Crippen LogP contribution in [0.1, 0.15) is 12.5 Å². The Morgan fingerprint density at radius 2 is 2.12 bits per heavy atom. The molecular weight excluding hydrogens is 209 g/mol. The van der Waals surface area contributed by atoms with Crippen molar-refractivity contribution in [2.75, 3.05) is 19.7 Å². The lowest BCUT2D eigenvalue weighted by atomic mass is 10.0. The quantitative estimate of drug-likeness (QED) is 0.827. The van der Waals surface area contributed by atoms with Crippen LogP contribution in [0.5, 0.6) is 0 Å². The molecule has 0 saturated carbocycles. The molecular formula is C12H16FNO2. The van der Waals surface area contributed by atoms with Crippen LogP contribution >= 0.6 is 0 Å². The number of hydrogen-bond donors (Lipinski definition) is 1. The first-order valence-electron chi connectivity index (χ1n) is 5.39. The summed E-state index contributed by atoms with van der Waals surface area (Å²) in [7, 11) is 0. The van der Waals surface area contributed by atoms with Crippen molar-refractivity contribution in [1.29, 1.82) is 0 Å². The van der Waals surface area contributed by atoms with Crippen molar-refractivity contribution < 1.29 is 14.2 Å². The summed E-state index contributed by atoms with van der Waals surface area (Å²) in [5.41, 5.74) is -0.376. The summed E-state index contributed by atoms with van der Waals surface area (Å²) >= 11 is 0. The van der Waals surface area contributed by atoms with Gasteiger partial charge in [-0.2, -0.15) is 0 Å². The largest absolute Gasteiger partial charge is 0.372 e. The van der Waals surface area contributed by atoms with E-state index in [1.165, 1.54) is 0 Å². The SMILES string of the molecule is CC(O)(c1ccccc1)N1CCOC(F)C1. The van der Waals surface area contributed by atoms with Crippen LogP contribution in [0.4, 0.5) is 4.39 Å². The van der Waals surface area contributed by atoms with Crippen LogP contribution in [0.25, 0.3) is 0 Å². The number of hydrogen-bond acceptors (Lipinski definition) is 3. The van der Waals surface area contributed by atoms with Crippen LogP contribution in [-0.2, 0) is 10.5 Å². The fraction of sp³-hybridized carbons (Fsp3) is 0.500. The Bertz CT molecular complexity index is 342. The summed E-state index contributed by atoms with van der Waals surface area (Å²) in [5, 5.41) is 10.4. The summed E-state index contributed by atoms with van der Waals surface area (Å²) in [5.74, 6) is 0. The van der Waals surface area contributed by atoms with Crippen LogP contribution < -0.4 is 0 Å². The molecule has 1 aliphatic heterocycles. The first kappa shape index (κ1) is 11.5. The Balaban J connectivity index is 2.18. The van der Waals surface area contributed by atoms with E-state index in [-0.39, 0.29) is 6.54 Å². The highest BCUT2D eigenvalue weighted by molar-refractivity contribution is 5.21. The van der Waals surface area contributed by atoms with Crippen LogP contribution in [0.15, 0.2) is 30.3 Å². The van der Waals surface area contributed by atoms with Crippen LogP contribution in [0.3, 0.4) is 0 Å². The average Bonchev–Trinajstić information content (AvgIpc) is 2.30. The maximum atomic E-state index is 13.1. The smallest absolute Gasteiger partial charge is 0.211 e. The zero-order chi connectivity index (χ0) is 11.6. The fourth-order valence-electron chi connectivity index (χ4n) is 1.94. The highest BCUT2D eigenvalue weighted by Gasteiger charge is 2.35. The maximum absolute atomic E-state index is 13.1. The Hall–Kier alpha value is -0.970. The molecule has 88 valence electrons. The molecule has 1 heterocycles. The van der Waals surface area contributed by atoms with Gasteiger partial charge < -0.3 is 9.84 Å². The maximum Gasteiger partial charge on any atom is 0.211 e. The Morgan fingerprint density at radius 3 is 2.75 bits per heavy atom. The molecule has 0 spiro atoms. The number of aliphatic hydroxyl groups is 1. The van der Waals surface area contributed by atoms with Gasteiger partial charge in [0, 0.05) is 6.54 Å². The van der Waals surface area contributed by atoms with E-state index in [0.29, 0.717) is 13.2 Å². The summed E-state index contributed by atoms with van der Waals surface area (Å²) in [6, 6.07) is 9.27. The molecule has 1 N–H and O–H groups in total. The minimum absolute atomic E-state index is 0.0991. The van der Waals surface area contributed by atoms with Crippen molar-refractivity contribution in [3.63, 3.8) is 0 Å². The molecule has 1 aromatic rings. The zero-order valence-electron chi connectivity index (χ0n) is 9.27. The van der Waals surface area contributed by atoms with Gasteiger partial charge in [0.05, 0.1) is 13.2 Å². The molecule has 1 aliphatic rings. The highest BCUT2D eigenvalue weighted by Crippen LogP contribution is 2.27. The number of rotatable bonds is 2. The van der Waals surface area contributed by atoms with Gasteiger partial charge in [-0.05, 0) is 12.5 Å². The van der Waals surface area contributed by atoms with Gasteiger partial charge in [-0.25, -0.2) is 4.39 Å². The molecule has 0 bridgehead atoms. The van der Waals surface area contributed by atoms with Crippen molar-refractivity contribution in [2.24, 2.45) is 0 Å². The molecule has 1 fully saturated rings. The second-order valence-corrected chi connectivity index (χ2v) is 4.11. The molecule has 3 nitrogen and oxygen atoms in total. The number of halogens is 1. The topological polar surface area (TPSA) is 32.7 Å². The average molecular weight is 225 g/mol. The molecule has 0 aliphatic carbocycles. The third-order valence-electron chi connectivity index (χ3n) is 2.96. The molecule has 0 radical (unpaired) electrons. The minimum atomic E-state index is -1.32. The standard InChI is InChI=1S/C12H16FNO2/c1-12(15,10-5-3-2-4-6-10)14-7-8-16-11(13)9-14/h2-6,11,15H,7-9H2,1H3. The van der Waals surface area contributed by atoms with Crippen LogP contribution in [-0.4, -0.2) is 36.1 Å². The van der Waals surface area contributed by atoms with Crippen molar-refractivity contribution in [2.45, 2.75) is 19.0 Å². The number of benzene rings is 1. The lowest BCUT2D eigenvalue weighted by molar-refractivity contribution is -0.182. The van der Waals surface area contributed by atoms with Crippen molar-refractivity contribution >= 4 is 0 Å². The van der Waals surface area contributed by atoms with Gasteiger partial charge in [-0.3, -0.25) is 4.90 Å². The first-order valence-corrected chi connectivity index (χ1v) is 5.39. The fourth-order valence-corrected chi connectivity index (χ4v) is 1.94. The molecule has 0 aromatic heterocycles. The molecule has 4 heteroatoms. The minimum Gasteiger partial charge on any atom is -0.372 e. The number of morpholine rings is 1. The molecule has 2 rings (SSSR count). The zero-order valence-corrected chi connectivity index (χ0v) is 9.27. The third kappa shape index (κ3) is 2.24. The molecule has 0 amide bonds. The summed E-state index contributed by atoms with van der Waals surface area (Å²) in [6.45, 7) is 2.62. The monoisotopic (exact) mass is 225 g/mol. The number of nitrogens with zero attached hydrogens (tertiary/aromatic N) is 1. The van der Waals surface area contributed by atoms with Gasteiger partial charge in [-0.1, -0.05) is 30.3 Å². The lowest BCUT2D eigenvalue weighted by Gasteiger charge is -2.40. The molecule has 2 unspecified atom stereocenters. The van der Waals surface area contributed by atoms with E-state index >= 15 is 0 Å². The van der Waals surface area contributed by atoms with Crippen molar-refractivity contribution in [3.05, 3.63) is 35.9 Å². The summed E-state index contributed by atoms with van der Waals surface area (Å²) in [4.78, 5) is 1.69. The van der Waals surface area contributed by atoms with E-state index < -0.39 is 12.1 Å². The van der Waals surface area contributed by atoms with E-state index in [9.17, 15) is 9.50 Å². The second kappa shape index (κ2) is 4.49. The van der Waals surface area contributed by atoms with Gasteiger partial charge in [0.15, 0.2) is 0 Å².